The number of piperidine rings is 1. The third-order valence-electron chi connectivity index (χ3n) is 6.08. The van der Waals surface area contributed by atoms with E-state index in [1.165, 1.54) is 18.4 Å². The summed E-state index contributed by atoms with van der Waals surface area (Å²) in [5.74, 6) is 0.263. The largest absolute Gasteiger partial charge is 0.352 e. The molecule has 1 saturated carbocycles. The number of nitrogens with one attached hydrogen (secondary N) is 2. The number of rotatable bonds is 3. The number of benzene rings is 1. The molecule has 4 heteroatoms. The maximum Gasteiger partial charge on any atom is 0.230 e. The predicted molar refractivity (Wildman–Crippen MR) is 95.4 cm³/mol. The maximum absolute atomic E-state index is 13.2. The Balaban J connectivity index is 1.54. The van der Waals surface area contributed by atoms with Gasteiger partial charge in [-0.05, 0) is 56.2 Å². The Morgan fingerprint density at radius 3 is 2.52 bits per heavy atom. The standard InChI is InChI=1S/C19H25BrN2O/c20-14-5-3-4-13(10-14)19(8-1-2-9-19)18(23)22-17-11-15-6-7-16(12-17)21-15/h3-5,10,15-17,21H,1-2,6-9,11-12H2,(H,22,23). The lowest BCUT2D eigenvalue weighted by atomic mass is 9.77. The van der Waals surface area contributed by atoms with Gasteiger partial charge in [-0.25, -0.2) is 0 Å². The van der Waals surface area contributed by atoms with Gasteiger partial charge in [0.05, 0.1) is 5.41 Å². The number of amides is 1. The fourth-order valence-electron chi connectivity index (χ4n) is 4.91. The van der Waals surface area contributed by atoms with Gasteiger partial charge < -0.3 is 10.6 Å². The van der Waals surface area contributed by atoms with E-state index in [0.717, 1.165) is 43.0 Å². The van der Waals surface area contributed by atoms with Gasteiger partial charge in [-0.15, -0.1) is 0 Å². The molecule has 1 aliphatic carbocycles. The minimum Gasteiger partial charge on any atom is -0.352 e. The average molecular weight is 377 g/mol. The Morgan fingerprint density at radius 1 is 1.17 bits per heavy atom. The van der Waals surface area contributed by atoms with Gasteiger partial charge in [-0.2, -0.15) is 0 Å². The molecule has 3 nitrogen and oxygen atoms in total. The molecular formula is C19H25BrN2O. The highest BCUT2D eigenvalue weighted by molar-refractivity contribution is 9.10. The smallest absolute Gasteiger partial charge is 0.230 e. The lowest BCUT2D eigenvalue weighted by molar-refractivity contribution is -0.127. The Hall–Kier alpha value is -0.870. The normalized spacial score (nSPS) is 32.0. The Labute approximate surface area is 146 Å². The quantitative estimate of drug-likeness (QED) is 0.844. The second kappa shape index (κ2) is 6.21. The molecule has 2 heterocycles. The number of hydrogen-bond donors (Lipinski definition) is 2. The van der Waals surface area contributed by atoms with E-state index in [2.05, 4.69) is 44.8 Å². The highest BCUT2D eigenvalue weighted by Gasteiger charge is 2.44. The van der Waals surface area contributed by atoms with Gasteiger partial charge in [-0.1, -0.05) is 40.9 Å². The van der Waals surface area contributed by atoms with Crippen molar-refractivity contribution in [2.75, 3.05) is 0 Å². The summed E-state index contributed by atoms with van der Waals surface area (Å²) in [5.41, 5.74) is 0.868. The van der Waals surface area contributed by atoms with Crippen LogP contribution in [0.2, 0.25) is 0 Å². The van der Waals surface area contributed by atoms with Crippen LogP contribution < -0.4 is 10.6 Å². The molecule has 2 unspecified atom stereocenters. The van der Waals surface area contributed by atoms with E-state index in [9.17, 15) is 4.79 Å². The lowest BCUT2D eigenvalue weighted by Crippen LogP contribution is -2.52. The van der Waals surface area contributed by atoms with Crippen molar-refractivity contribution in [2.45, 2.75) is 74.9 Å². The number of fused-ring (bicyclic) bond motifs is 2. The van der Waals surface area contributed by atoms with E-state index >= 15 is 0 Å². The first-order chi connectivity index (χ1) is 11.2. The van der Waals surface area contributed by atoms with Gasteiger partial charge in [0, 0.05) is 22.6 Å². The number of hydrogen-bond acceptors (Lipinski definition) is 2. The van der Waals surface area contributed by atoms with Crippen molar-refractivity contribution in [3.63, 3.8) is 0 Å². The minimum absolute atomic E-state index is 0.263. The van der Waals surface area contributed by atoms with Crippen molar-refractivity contribution in [2.24, 2.45) is 0 Å². The second-order valence-corrected chi connectivity index (χ2v) is 8.49. The minimum atomic E-state index is -0.312. The molecule has 2 aliphatic heterocycles. The Morgan fingerprint density at radius 2 is 1.87 bits per heavy atom. The highest BCUT2D eigenvalue weighted by Crippen LogP contribution is 2.42. The Kier molecular flexibility index (Phi) is 4.22. The van der Waals surface area contributed by atoms with Gasteiger partial charge in [0.2, 0.25) is 5.91 Å². The molecule has 124 valence electrons. The fraction of sp³-hybridized carbons (Fsp3) is 0.632. The summed E-state index contributed by atoms with van der Waals surface area (Å²) in [6.07, 6.45) is 8.99. The first-order valence-electron chi connectivity index (χ1n) is 8.99. The summed E-state index contributed by atoms with van der Waals surface area (Å²) in [4.78, 5) is 13.2. The SMILES string of the molecule is O=C(NC1CC2CCC(C1)N2)C1(c2cccc(Br)c2)CCCC1. The molecule has 2 N–H and O–H groups in total. The van der Waals surface area contributed by atoms with Gasteiger partial charge in [0.25, 0.3) is 0 Å². The average Bonchev–Trinajstić information content (AvgIpc) is 3.15. The molecule has 2 saturated heterocycles. The molecule has 23 heavy (non-hydrogen) atoms. The van der Waals surface area contributed by atoms with E-state index in [4.69, 9.17) is 0 Å². The first kappa shape index (κ1) is 15.6. The number of carbonyl (C=O) groups is 1. The van der Waals surface area contributed by atoms with Crippen LogP contribution in [0.1, 0.15) is 56.9 Å². The molecule has 1 aromatic carbocycles. The molecular weight excluding hydrogens is 352 g/mol. The van der Waals surface area contributed by atoms with Crippen LogP contribution in [0.4, 0.5) is 0 Å². The van der Waals surface area contributed by atoms with Crippen molar-refractivity contribution >= 4 is 21.8 Å². The molecule has 4 rings (SSSR count). The summed E-state index contributed by atoms with van der Waals surface area (Å²) < 4.78 is 1.06. The fourth-order valence-corrected chi connectivity index (χ4v) is 5.31. The van der Waals surface area contributed by atoms with Crippen molar-refractivity contribution in [1.82, 2.24) is 10.6 Å². The van der Waals surface area contributed by atoms with Crippen LogP contribution in [0.25, 0.3) is 0 Å². The van der Waals surface area contributed by atoms with E-state index < -0.39 is 0 Å². The van der Waals surface area contributed by atoms with Crippen LogP contribution in [-0.4, -0.2) is 24.0 Å². The molecule has 0 radical (unpaired) electrons. The van der Waals surface area contributed by atoms with Crippen molar-refractivity contribution in [1.29, 1.82) is 0 Å². The van der Waals surface area contributed by atoms with Gasteiger partial charge in [0.15, 0.2) is 0 Å². The van der Waals surface area contributed by atoms with Crippen molar-refractivity contribution in [3.8, 4) is 0 Å². The van der Waals surface area contributed by atoms with Gasteiger partial charge in [0.1, 0.15) is 0 Å². The lowest BCUT2D eigenvalue weighted by Gasteiger charge is -2.34. The summed E-state index contributed by atoms with van der Waals surface area (Å²) in [5, 5.41) is 7.08. The molecule has 3 aliphatic rings. The van der Waals surface area contributed by atoms with E-state index in [0.29, 0.717) is 18.1 Å². The molecule has 0 aromatic heterocycles. The van der Waals surface area contributed by atoms with Crippen LogP contribution >= 0.6 is 15.9 Å². The predicted octanol–water partition coefficient (Wildman–Crippen LogP) is 3.66. The highest BCUT2D eigenvalue weighted by atomic mass is 79.9. The molecule has 3 fully saturated rings. The molecule has 1 amide bonds. The van der Waals surface area contributed by atoms with Crippen molar-refractivity contribution < 1.29 is 4.79 Å². The summed E-state index contributed by atoms with van der Waals surface area (Å²) in [6.45, 7) is 0. The van der Waals surface area contributed by atoms with Crippen LogP contribution in [-0.2, 0) is 10.2 Å². The van der Waals surface area contributed by atoms with E-state index in [1.54, 1.807) is 0 Å². The van der Waals surface area contributed by atoms with Crippen LogP contribution in [0, 0.1) is 0 Å². The van der Waals surface area contributed by atoms with E-state index in [1.807, 2.05) is 6.07 Å². The van der Waals surface area contributed by atoms with Crippen molar-refractivity contribution in [3.05, 3.63) is 34.3 Å². The summed E-state index contributed by atoms with van der Waals surface area (Å²) in [7, 11) is 0. The zero-order chi connectivity index (χ0) is 15.9. The first-order valence-corrected chi connectivity index (χ1v) is 9.78. The summed E-state index contributed by atoms with van der Waals surface area (Å²) >= 11 is 3.57. The second-order valence-electron chi connectivity index (χ2n) is 7.58. The molecule has 0 spiro atoms. The molecule has 1 aromatic rings. The maximum atomic E-state index is 13.2. The molecule has 2 atom stereocenters. The topological polar surface area (TPSA) is 41.1 Å². The van der Waals surface area contributed by atoms with Gasteiger partial charge >= 0.3 is 0 Å². The number of halogens is 1. The Bertz CT molecular complexity index is 585. The third kappa shape index (κ3) is 2.96. The van der Waals surface area contributed by atoms with Crippen LogP contribution in [0.3, 0.4) is 0 Å². The third-order valence-corrected chi connectivity index (χ3v) is 6.57. The zero-order valence-electron chi connectivity index (χ0n) is 13.5. The molecule has 2 bridgehead atoms. The van der Waals surface area contributed by atoms with Crippen LogP contribution in [0.15, 0.2) is 28.7 Å². The van der Waals surface area contributed by atoms with Gasteiger partial charge in [-0.3, -0.25) is 4.79 Å². The summed E-state index contributed by atoms with van der Waals surface area (Å²) in [6, 6.07) is 9.94. The zero-order valence-corrected chi connectivity index (χ0v) is 15.1. The number of carbonyl (C=O) groups excluding carboxylic acids is 1. The van der Waals surface area contributed by atoms with Crippen LogP contribution in [0.5, 0.6) is 0 Å². The monoisotopic (exact) mass is 376 g/mol. The van der Waals surface area contributed by atoms with E-state index in [-0.39, 0.29) is 11.3 Å².